The number of aliphatic hydroxyl groups excluding tert-OH is 1. The zero-order chi connectivity index (χ0) is 18.8. The lowest BCUT2D eigenvalue weighted by molar-refractivity contribution is 0.0596. The van der Waals surface area contributed by atoms with Crippen LogP contribution in [0.25, 0.3) is 21.1 Å². The number of hydrogen-bond donors (Lipinski definition) is 1. The van der Waals surface area contributed by atoms with E-state index in [2.05, 4.69) is 14.7 Å². The number of nitrogens with zero attached hydrogens (tertiary/aromatic N) is 2. The number of hydrogen-bond acceptors (Lipinski definition) is 8. The molecule has 2 heterocycles. The van der Waals surface area contributed by atoms with E-state index in [4.69, 9.17) is 4.74 Å². The molecular weight excluding hydrogens is 379 g/mol. The average Bonchev–Trinajstić information content (AvgIpc) is 3.27. The number of esters is 1. The number of carbonyl (C=O) groups is 1. The molecule has 0 radical (unpaired) electrons. The monoisotopic (exact) mass is 394 g/mol. The molecule has 1 N–H and O–H groups in total. The Morgan fingerprint density at radius 1 is 1.31 bits per heavy atom. The third-order valence-corrected chi connectivity index (χ3v) is 5.68. The number of aliphatic hydroxyl groups is 1. The van der Waals surface area contributed by atoms with Gasteiger partial charge in [0.25, 0.3) is 0 Å². The van der Waals surface area contributed by atoms with Crippen molar-refractivity contribution in [2.75, 3.05) is 14.2 Å². The van der Waals surface area contributed by atoms with Gasteiger partial charge in [-0.05, 0) is 19.1 Å². The number of thiazole rings is 2. The van der Waals surface area contributed by atoms with Crippen LogP contribution >= 0.6 is 22.7 Å². The van der Waals surface area contributed by atoms with Crippen molar-refractivity contribution in [3.05, 3.63) is 39.6 Å². The van der Waals surface area contributed by atoms with Crippen molar-refractivity contribution < 1.29 is 23.8 Å². The van der Waals surface area contributed by atoms with Crippen LogP contribution in [0.15, 0.2) is 17.5 Å². The van der Waals surface area contributed by atoms with E-state index < -0.39 is 11.8 Å². The first-order valence-corrected chi connectivity index (χ1v) is 9.17. The van der Waals surface area contributed by atoms with Gasteiger partial charge in [0.15, 0.2) is 0 Å². The first-order valence-electron chi connectivity index (χ1n) is 7.47. The van der Waals surface area contributed by atoms with Gasteiger partial charge < -0.3 is 14.6 Å². The van der Waals surface area contributed by atoms with Crippen LogP contribution in [0, 0.1) is 12.7 Å². The maximum Gasteiger partial charge on any atom is 0.341 e. The minimum absolute atomic E-state index is 0.0129. The van der Waals surface area contributed by atoms with E-state index >= 15 is 0 Å². The summed E-state index contributed by atoms with van der Waals surface area (Å²) < 4.78 is 24.4. The molecular formula is C17H15FN2O4S2. The van der Waals surface area contributed by atoms with Gasteiger partial charge in [0.2, 0.25) is 0 Å². The summed E-state index contributed by atoms with van der Waals surface area (Å²) in [6.45, 7) is 1.70. The number of carbonyl (C=O) groups excluding carboxylic acids is 1. The van der Waals surface area contributed by atoms with Crippen molar-refractivity contribution in [1.82, 2.24) is 9.97 Å². The van der Waals surface area contributed by atoms with Crippen molar-refractivity contribution in [2.45, 2.75) is 13.5 Å². The summed E-state index contributed by atoms with van der Waals surface area (Å²) in [5.74, 6) is -1.06. The Balaban J connectivity index is 2.04. The van der Waals surface area contributed by atoms with E-state index in [9.17, 15) is 14.3 Å². The Hall–Kier alpha value is -2.36. The maximum absolute atomic E-state index is 14.6. The van der Waals surface area contributed by atoms with Crippen molar-refractivity contribution >= 4 is 28.6 Å². The summed E-state index contributed by atoms with van der Waals surface area (Å²) in [5, 5.41) is 12.1. The van der Waals surface area contributed by atoms with Crippen LogP contribution in [0.5, 0.6) is 5.75 Å². The molecule has 0 bridgehead atoms. The molecule has 0 amide bonds. The largest absolute Gasteiger partial charge is 0.496 e. The smallest absolute Gasteiger partial charge is 0.341 e. The molecule has 9 heteroatoms. The molecule has 2 aromatic heterocycles. The normalized spacial score (nSPS) is 10.8. The molecule has 0 aliphatic rings. The molecule has 3 aromatic rings. The second-order valence-electron chi connectivity index (χ2n) is 5.24. The van der Waals surface area contributed by atoms with Crippen LogP contribution in [0.4, 0.5) is 4.39 Å². The Kier molecular flexibility index (Phi) is 5.30. The number of rotatable bonds is 5. The number of ether oxygens (including phenoxy) is 2. The third kappa shape index (κ3) is 3.33. The van der Waals surface area contributed by atoms with E-state index in [1.165, 1.54) is 43.0 Å². The fraction of sp³-hybridized carbons (Fsp3) is 0.235. The fourth-order valence-electron chi connectivity index (χ4n) is 2.41. The van der Waals surface area contributed by atoms with Crippen molar-refractivity contribution in [2.24, 2.45) is 0 Å². The molecule has 136 valence electrons. The minimum Gasteiger partial charge on any atom is -0.496 e. The molecule has 0 saturated carbocycles. The Morgan fingerprint density at radius 3 is 2.69 bits per heavy atom. The van der Waals surface area contributed by atoms with Gasteiger partial charge in [0.05, 0.1) is 37.1 Å². The van der Waals surface area contributed by atoms with Crippen LogP contribution in [-0.2, 0) is 11.3 Å². The van der Waals surface area contributed by atoms with Crippen LogP contribution in [0.1, 0.15) is 21.1 Å². The highest BCUT2D eigenvalue weighted by atomic mass is 32.1. The first-order chi connectivity index (χ1) is 12.5. The predicted octanol–water partition coefficient (Wildman–Crippen LogP) is 3.67. The topological polar surface area (TPSA) is 81.5 Å². The molecule has 6 nitrogen and oxygen atoms in total. The number of aryl methyl sites for hydroxylation is 1. The van der Waals surface area contributed by atoms with E-state index in [1.54, 1.807) is 5.38 Å². The third-order valence-electron chi connectivity index (χ3n) is 3.64. The van der Waals surface area contributed by atoms with Crippen LogP contribution in [0.2, 0.25) is 0 Å². The second-order valence-corrected chi connectivity index (χ2v) is 7.18. The molecule has 0 spiro atoms. The lowest BCUT2D eigenvalue weighted by atomic mass is 10.1. The van der Waals surface area contributed by atoms with Gasteiger partial charge in [0.1, 0.15) is 27.1 Å². The van der Waals surface area contributed by atoms with Gasteiger partial charge in [0, 0.05) is 10.9 Å². The van der Waals surface area contributed by atoms with Gasteiger partial charge in [-0.1, -0.05) is 0 Å². The zero-order valence-electron chi connectivity index (χ0n) is 14.2. The van der Waals surface area contributed by atoms with Crippen molar-refractivity contribution in [1.29, 1.82) is 0 Å². The van der Waals surface area contributed by atoms with Crippen molar-refractivity contribution in [3.8, 4) is 26.9 Å². The van der Waals surface area contributed by atoms with Gasteiger partial charge in [-0.15, -0.1) is 22.7 Å². The lowest BCUT2D eigenvalue weighted by Gasteiger charge is -2.09. The lowest BCUT2D eigenvalue weighted by Crippen LogP contribution is -2.05. The number of methoxy groups -OCH3 is 2. The summed E-state index contributed by atoms with van der Waals surface area (Å²) in [5.41, 5.74) is 1.67. The molecule has 0 saturated heterocycles. The molecule has 0 aliphatic heterocycles. The first kappa shape index (κ1) is 18.4. The molecule has 1 aromatic carbocycles. The number of benzene rings is 1. The predicted molar refractivity (Wildman–Crippen MR) is 97.2 cm³/mol. The SMILES string of the molecule is COC(=O)c1cc(F)c(-c2nc(-c3sc(CO)nc3C)cs2)cc1OC. The zero-order valence-corrected chi connectivity index (χ0v) is 15.8. The maximum atomic E-state index is 14.6. The molecule has 3 rings (SSSR count). The highest BCUT2D eigenvalue weighted by Gasteiger charge is 2.20. The average molecular weight is 394 g/mol. The summed E-state index contributed by atoms with van der Waals surface area (Å²) in [6, 6.07) is 2.52. The van der Waals surface area contributed by atoms with Crippen LogP contribution in [0.3, 0.4) is 0 Å². The van der Waals surface area contributed by atoms with Gasteiger partial charge in [-0.25, -0.2) is 19.2 Å². The number of halogens is 1. The molecule has 0 fully saturated rings. The summed E-state index contributed by atoms with van der Waals surface area (Å²) in [4.78, 5) is 21.3. The Morgan fingerprint density at radius 2 is 2.08 bits per heavy atom. The van der Waals surface area contributed by atoms with Gasteiger partial charge >= 0.3 is 5.97 Å². The minimum atomic E-state index is -0.677. The van der Waals surface area contributed by atoms with Crippen molar-refractivity contribution in [3.63, 3.8) is 0 Å². The quantitative estimate of drug-likeness (QED) is 0.665. The van der Waals surface area contributed by atoms with Gasteiger partial charge in [-0.3, -0.25) is 0 Å². The summed E-state index contributed by atoms with van der Waals surface area (Å²) >= 11 is 2.62. The van der Waals surface area contributed by atoms with Crippen LogP contribution < -0.4 is 4.74 Å². The Labute approximate surface area is 156 Å². The highest BCUT2D eigenvalue weighted by molar-refractivity contribution is 7.16. The Bertz CT molecular complexity index is 968. The highest BCUT2D eigenvalue weighted by Crippen LogP contribution is 2.37. The van der Waals surface area contributed by atoms with E-state index in [0.717, 1.165) is 16.6 Å². The number of aromatic nitrogens is 2. The molecule has 0 atom stereocenters. The van der Waals surface area contributed by atoms with Crippen LogP contribution in [-0.4, -0.2) is 35.3 Å². The molecule has 0 aliphatic carbocycles. The molecule has 26 heavy (non-hydrogen) atoms. The standard InChI is InChI=1S/C17H15FN2O4S2/c1-8-15(26-14(6-21)19-8)12-7-25-16(20-12)9-5-13(23-2)10(4-11(9)18)17(22)24-3/h4-5,7,21H,6H2,1-3H3. The van der Waals surface area contributed by atoms with E-state index in [1.807, 2.05) is 6.92 Å². The van der Waals surface area contributed by atoms with E-state index in [0.29, 0.717) is 15.7 Å². The summed E-state index contributed by atoms with van der Waals surface area (Å²) in [7, 11) is 2.62. The fourth-order valence-corrected chi connectivity index (χ4v) is 4.20. The van der Waals surface area contributed by atoms with E-state index in [-0.39, 0.29) is 23.5 Å². The second kappa shape index (κ2) is 7.48. The summed E-state index contributed by atoms with van der Waals surface area (Å²) in [6.07, 6.45) is 0. The molecule has 0 unspecified atom stereocenters. The van der Waals surface area contributed by atoms with Gasteiger partial charge in [-0.2, -0.15) is 0 Å².